The summed E-state index contributed by atoms with van der Waals surface area (Å²) >= 11 is 5.19. The number of hydrazone groups is 1. The van der Waals surface area contributed by atoms with E-state index in [1.807, 2.05) is 19.1 Å². The normalized spacial score (nSPS) is 16.0. The van der Waals surface area contributed by atoms with Gasteiger partial charge < -0.3 is 9.84 Å². The largest absolute Gasteiger partial charge is 0.497 e. The first kappa shape index (κ1) is 20.8. The number of methoxy groups -OCH3 is 1. The fraction of sp³-hybridized carbons (Fsp3) is 0.400. The van der Waals surface area contributed by atoms with E-state index < -0.39 is 5.56 Å². The number of aromatic hydroxyl groups is 1. The summed E-state index contributed by atoms with van der Waals surface area (Å²) in [5, 5.41) is 16.5. The minimum absolute atomic E-state index is 0.0527. The number of nitrogens with one attached hydrogen (secondary N) is 1. The topological polar surface area (TPSA) is 99.9 Å². The number of unbranched alkanes of at least 4 members (excludes halogenated alkanes) is 1. The Morgan fingerprint density at radius 3 is 2.66 bits per heavy atom. The lowest BCUT2D eigenvalue weighted by Crippen LogP contribution is -2.24. The molecule has 1 aliphatic heterocycles. The molecule has 0 unspecified atom stereocenters. The van der Waals surface area contributed by atoms with Gasteiger partial charge in [0.15, 0.2) is 4.77 Å². The van der Waals surface area contributed by atoms with Crippen LogP contribution in [0.15, 0.2) is 34.2 Å². The van der Waals surface area contributed by atoms with Gasteiger partial charge in [-0.15, -0.1) is 0 Å². The molecule has 1 amide bonds. The summed E-state index contributed by atoms with van der Waals surface area (Å²) in [6.07, 6.45) is 2.01. The Bertz CT molecular complexity index is 1060. The average molecular weight is 417 g/mol. The van der Waals surface area contributed by atoms with Crippen LogP contribution in [0.4, 0.5) is 0 Å². The standard InChI is InChI=1S/C20H24N4O4S/c1-4-5-10-23-19(27)17(18(26)21-20(23)29)15-11-16(24(22-15)12(2)25)13-6-8-14(28-3)9-7-13/h6-9,16,27H,4-5,10-11H2,1-3H3,(H,21,26,29)/t16-/m1/s1. The predicted molar refractivity (Wildman–Crippen MR) is 112 cm³/mol. The number of benzene rings is 1. The minimum Gasteiger partial charge on any atom is -0.497 e. The number of aromatic nitrogens is 2. The second kappa shape index (κ2) is 8.60. The number of hydrogen-bond acceptors (Lipinski definition) is 6. The molecule has 1 aromatic heterocycles. The molecule has 0 bridgehead atoms. The molecule has 29 heavy (non-hydrogen) atoms. The van der Waals surface area contributed by atoms with Crippen LogP contribution in [0, 0.1) is 4.77 Å². The molecule has 154 valence electrons. The lowest BCUT2D eigenvalue weighted by Gasteiger charge is -2.20. The molecule has 8 nitrogen and oxygen atoms in total. The van der Waals surface area contributed by atoms with Gasteiger partial charge in [0, 0.05) is 19.9 Å². The maximum absolute atomic E-state index is 12.6. The summed E-state index contributed by atoms with van der Waals surface area (Å²) in [4.78, 5) is 27.4. The second-order valence-corrected chi connectivity index (χ2v) is 7.25. The van der Waals surface area contributed by atoms with Crippen molar-refractivity contribution in [3.63, 3.8) is 0 Å². The van der Waals surface area contributed by atoms with Crippen LogP contribution in [0.5, 0.6) is 11.6 Å². The van der Waals surface area contributed by atoms with Crippen molar-refractivity contribution in [1.82, 2.24) is 14.6 Å². The van der Waals surface area contributed by atoms with Crippen molar-refractivity contribution in [3.05, 3.63) is 50.5 Å². The van der Waals surface area contributed by atoms with Crippen molar-refractivity contribution in [3.8, 4) is 11.6 Å². The summed E-state index contributed by atoms with van der Waals surface area (Å²) in [6.45, 7) is 3.93. The van der Waals surface area contributed by atoms with Gasteiger partial charge in [-0.25, -0.2) is 5.01 Å². The van der Waals surface area contributed by atoms with Gasteiger partial charge in [-0.1, -0.05) is 25.5 Å². The first-order valence-electron chi connectivity index (χ1n) is 9.45. The molecule has 0 fully saturated rings. The van der Waals surface area contributed by atoms with Crippen LogP contribution in [0.25, 0.3) is 0 Å². The van der Waals surface area contributed by atoms with E-state index in [0.717, 1.165) is 18.4 Å². The van der Waals surface area contributed by atoms with Crippen LogP contribution >= 0.6 is 12.2 Å². The maximum Gasteiger partial charge on any atom is 0.264 e. The molecule has 0 spiro atoms. The van der Waals surface area contributed by atoms with E-state index in [1.165, 1.54) is 16.5 Å². The van der Waals surface area contributed by atoms with Gasteiger partial charge >= 0.3 is 0 Å². The predicted octanol–water partition coefficient (Wildman–Crippen LogP) is 3.12. The van der Waals surface area contributed by atoms with E-state index in [4.69, 9.17) is 17.0 Å². The fourth-order valence-corrected chi connectivity index (χ4v) is 3.65. The number of aromatic amines is 1. The lowest BCUT2D eigenvalue weighted by molar-refractivity contribution is -0.130. The van der Waals surface area contributed by atoms with Crippen LogP contribution in [0.3, 0.4) is 0 Å². The number of amides is 1. The molecule has 2 N–H and O–H groups in total. The summed E-state index contributed by atoms with van der Waals surface area (Å²) in [7, 11) is 1.58. The van der Waals surface area contributed by atoms with Crippen molar-refractivity contribution in [1.29, 1.82) is 0 Å². The smallest absolute Gasteiger partial charge is 0.264 e. The quantitative estimate of drug-likeness (QED) is 0.705. The van der Waals surface area contributed by atoms with Crippen LogP contribution < -0.4 is 10.3 Å². The molecule has 1 aliphatic rings. The molecule has 9 heteroatoms. The van der Waals surface area contributed by atoms with Crippen molar-refractivity contribution in [2.45, 2.75) is 45.7 Å². The lowest BCUT2D eigenvalue weighted by atomic mass is 9.99. The van der Waals surface area contributed by atoms with Crippen molar-refractivity contribution < 1.29 is 14.6 Å². The molecule has 2 heterocycles. The van der Waals surface area contributed by atoms with E-state index in [0.29, 0.717) is 24.4 Å². The number of nitrogens with zero attached hydrogens (tertiary/aromatic N) is 3. The van der Waals surface area contributed by atoms with Gasteiger partial charge in [-0.05, 0) is 36.3 Å². The summed E-state index contributed by atoms with van der Waals surface area (Å²) in [5.41, 5.74) is 0.740. The fourth-order valence-electron chi connectivity index (χ4n) is 3.38. The van der Waals surface area contributed by atoms with Crippen molar-refractivity contribution >= 4 is 23.8 Å². The SMILES string of the molecule is CCCCn1c(O)c(C2=NN(C(C)=O)[C@@H](c3ccc(OC)cc3)C2)c(=O)[nH]c1=S. The van der Waals surface area contributed by atoms with Gasteiger partial charge in [0.1, 0.15) is 11.3 Å². The zero-order valence-corrected chi connectivity index (χ0v) is 17.5. The van der Waals surface area contributed by atoms with E-state index >= 15 is 0 Å². The minimum atomic E-state index is -0.516. The highest BCUT2D eigenvalue weighted by Crippen LogP contribution is 2.34. The molecule has 3 rings (SSSR count). The first-order chi connectivity index (χ1) is 13.9. The first-order valence-corrected chi connectivity index (χ1v) is 9.85. The number of rotatable bonds is 6. The van der Waals surface area contributed by atoms with E-state index in [9.17, 15) is 14.7 Å². The Morgan fingerprint density at radius 1 is 1.38 bits per heavy atom. The molecule has 0 aliphatic carbocycles. The highest BCUT2D eigenvalue weighted by Gasteiger charge is 2.34. The zero-order valence-electron chi connectivity index (χ0n) is 16.6. The Balaban J connectivity index is 2.03. The molecular weight excluding hydrogens is 392 g/mol. The van der Waals surface area contributed by atoms with Gasteiger partial charge in [-0.2, -0.15) is 5.10 Å². The molecule has 1 aromatic carbocycles. The number of H-pyrrole nitrogens is 1. The van der Waals surface area contributed by atoms with Crippen LogP contribution in [-0.2, 0) is 11.3 Å². The zero-order chi connectivity index (χ0) is 21.1. The summed E-state index contributed by atoms with van der Waals surface area (Å²) < 4.78 is 6.85. The molecular formula is C20H24N4O4S. The van der Waals surface area contributed by atoms with Gasteiger partial charge in [0.05, 0.1) is 18.9 Å². The highest BCUT2D eigenvalue weighted by molar-refractivity contribution is 7.71. The third kappa shape index (κ3) is 4.09. The van der Waals surface area contributed by atoms with Crippen molar-refractivity contribution in [2.75, 3.05) is 7.11 Å². The third-order valence-corrected chi connectivity index (χ3v) is 5.25. The highest BCUT2D eigenvalue weighted by atomic mass is 32.1. The van der Waals surface area contributed by atoms with Crippen LogP contribution in [-0.4, -0.2) is 38.4 Å². The summed E-state index contributed by atoms with van der Waals surface area (Å²) in [5.74, 6) is 0.231. The molecule has 0 radical (unpaired) electrons. The molecule has 0 saturated heterocycles. The van der Waals surface area contributed by atoms with Gasteiger partial charge in [0.2, 0.25) is 11.8 Å². The van der Waals surface area contributed by atoms with E-state index in [-0.39, 0.29) is 28.2 Å². The molecule has 2 aromatic rings. The average Bonchev–Trinajstić information content (AvgIpc) is 3.13. The number of carbonyl (C=O) groups excluding carboxylic acids is 1. The van der Waals surface area contributed by atoms with Crippen LogP contribution in [0.2, 0.25) is 0 Å². The summed E-state index contributed by atoms with van der Waals surface area (Å²) in [6, 6.07) is 6.95. The Morgan fingerprint density at radius 2 is 2.07 bits per heavy atom. The van der Waals surface area contributed by atoms with Gasteiger partial charge in [-0.3, -0.25) is 19.1 Å². The number of hydrogen-bond donors (Lipinski definition) is 2. The number of carbonyl (C=O) groups is 1. The van der Waals surface area contributed by atoms with Gasteiger partial charge in [0.25, 0.3) is 5.56 Å². The Kier molecular flexibility index (Phi) is 6.17. The van der Waals surface area contributed by atoms with E-state index in [2.05, 4.69) is 10.1 Å². The maximum atomic E-state index is 12.6. The second-order valence-electron chi connectivity index (χ2n) is 6.87. The molecule has 0 saturated carbocycles. The molecule has 1 atom stereocenters. The van der Waals surface area contributed by atoms with Crippen molar-refractivity contribution in [2.24, 2.45) is 5.10 Å². The Hall–Kier alpha value is -2.94. The van der Waals surface area contributed by atoms with E-state index in [1.54, 1.807) is 19.2 Å². The Labute approximate surface area is 173 Å². The monoisotopic (exact) mass is 416 g/mol. The third-order valence-electron chi connectivity index (χ3n) is 4.93. The van der Waals surface area contributed by atoms with Crippen LogP contribution in [0.1, 0.15) is 50.3 Å². The number of ether oxygens (including phenoxy) is 1.